The number of carbonyl (C=O) groups excluding carboxylic acids is 2. The van der Waals surface area contributed by atoms with E-state index in [0.29, 0.717) is 11.1 Å². The van der Waals surface area contributed by atoms with Crippen LogP contribution < -0.4 is 9.47 Å². The summed E-state index contributed by atoms with van der Waals surface area (Å²) in [6, 6.07) is 22.4. The molecule has 1 aliphatic rings. The smallest absolute Gasteiger partial charge is 0.167 e. The largest absolute Gasteiger partial charge is 0.497 e. The lowest BCUT2D eigenvalue weighted by Crippen LogP contribution is -2.51. The van der Waals surface area contributed by atoms with Crippen molar-refractivity contribution in [2.45, 2.75) is 11.8 Å². The predicted molar refractivity (Wildman–Crippen MR) is 136 cm³/mol. The molecule has 36 heavy (non-hydrogen) atoms. The molecule has 5 rings (SSSR count). The van der Waals surface area contributed by atoms with E-state index in [9.17, 15) is 9.59 Å². The first-order chi connectivity index (χ1) is 17.6. The van der Waals surface area contributed by atoms with Gasteiger partial charge >= 0.3 is 0 Å². The van der Waals surface area contributed by atoms with E-state index in [1.807, 2.05) is 48.5 Å². The van der Waals surface area contributed by atoms with Crippen molar-refractivity contribution in [1.29, 1.82) is 0 Å². The molecule has 0 amide bonds. The van der Waals surface area contributed by atoms with Crippen molar-refractivity contribution < 1.29 is 19.1 Å². The van der Waals surface area contributed by atoms with E-state index in [1.165, 1.54) is 0 Å². The van der Waals surface area contributed by atoms with Crippen molar-refractivity contribution in [3.8, 4) is 11.5 Å². The average molecular weight is 479 g/mol. The van der Waals surface area contributed by atoms with Crippen LogP contribution in [-0.4, -0.2) is 35.8 Å². The van der Waals surface area contributed by atoms with E-state index in [-0.39, 0.29) is 23.4 Å². The molecule has 1 saturated carbocycles. The Morgan fingerprint density at radius 1 is 0.556 bits per heavy atom. The molecule has 2 heterocycles. The van der Waals surface area contributed by atoms with E-state index >= 15 is 0 Å². The van der Waals surface area contributed by atoms with Gasteiger partial charge in [-0.1, -0.05) is 24.3 Å². The summed E-state index contributed by atoms with van der Waals surface area (Å²) >= 11 is 0. The van der Waals surface area contributed by atoms with E-state index < -0.39 is 11.8 Å². The molecule has 2 aromatic carbocycles. The number of ketones is 2. The lowest BCUT2D eigenvalue weighted by atomic mass is 9.49. The highest BCUT2D eigenvalue weighted by molar-refractivity contribution is 6.07. The normalized spacial score (nSPS) is 20.7. The summed E-state index contributed by atoms with van der Waals surface area (Å²) in [6.07, 6.45) is 6.42. The summed E-state index contributed by atoms with van der Waals surface area (Å²) in [5.74, 6) is -0.101. The number of benzene rings is 2. The number of methoxy groups -OCH3 is 2. The fourth-order valence-corrected chi connectivity index (χ4v) is 5.30. The second-order valence-corrected chi connectivity index (χ2v) is 8.85. The Bertz CT molecular complexity index is 1230. The summed E-state index contributed by atoms with van der Waals surface area (Å²) in [7, 11) is 3.25. The van der Waals surface area contributed by atoms with Gasteiger partial charge in [-0.05, 0) is 59.7 Å². The SMILES string of the molecule is COc1ccc([C@@H]2[C@@H](C(=O)c3ccncc3)[C@H](C(=O)c3ccncc3)[C@H]2c2ccc(OC)cc2)cc1. The van der Waals surface area contributed by atoms with Gasteiger partial charge in [-0.25, -0.2) is 0 Å². The zero-order chi connectivity index (χ0) is 25.1. The number of carbonyl (C=O) groups is 2. The van der Waals surface area contributed by atoms with Crippen LogP contribution in [0.4, 0.5) is 0 Å². The molecular formula is C30H26N2O4. The minimum absolute atomic E-state index is 0.0598. The second kappa shape index (κ2) is 10.1. The Balaban J connectivity index is 1.64. The minimum atomic E-state index is -0.534. The first-order valence-corrected chi connectivity index (χ1v) is 11.8. The van der Waals surface area contributed by atoms with Crippen LogP contribution in [0, 0.1) is 11.8 Å². The van der Waals surface area contributed by atoms with Gasteiger partial charge in [0.15, 0.2) is 11.6 Å². The molecule has 4 aromatic rings. The summed E-state index contributed by atoms with van der Waals surface area (Å²) < 4.78 is 10.7. The van der Waals surface area contributed by atoms with Crippen LogP contribution in [-0.2, 0) is 0 Å². The van der Waals surface area contributed by atoms with Gasteiger partial charge in [-0.3, -0.25) is 19.6 Å². The summed E-state index contributed by atoms with van der Waals surface area (Å²) in [5.41, 5.74) is 3.08. The number of pyridine rings is 2. The van der Waals surface area contributed by atoms with Crippen LogP contribution in [0.3, 0.4) is 0 Å². The minimum Gasteiger partial charge on any atom is -0.497 e. The molecule has 1 fully saturated rings. The quantitative estimate of drug-likeness (QED) is 0.317. The highest BCUT2D eigenvalue weighted by Gasteiger charge is 2.57. The van der Waals surface area contributed by atoms with Crippen molar-refractivity contribution in [2.75, 3.05) is 14.2 Å². The number of nitrogens with zero attached hydrogens (tertiary/aromatic N) is 2. The molecule has 0 bridgehead atoms. The topological polar surface area (TPSA) is 78.4 Å². The van der Waals surface area contributed by atoms with Gasteiger partial charge in [0.05, 0.1) is 14.2 Å². The Morgan fingerprint density at radius 2 is 0.889 bits per heavy atom. The highest BCUT2D eigenvalue weighted by atomic mass is 16.5. The third-order valence-corrected chi connectivity index (χ3v) is 7.08. The molecule has 180 valence electrons. The van der Waals surface area contributed by atoms with Crippen molar-refractivity contribution in [2.24, 2.45) is 11.8 Å². The van der Waals surface area contributed by atoms with E-state index in [4.69, 9.17) is 9.47 Å². The Kier molecular flexibility index (Phi) is 6.58. The maximum atomic E-state index is 13.9. The molecule has 0 unspecified atom stereocenters. The van der Waals surface area contributed by atoms with Gasteiger partial charge in [0.1, 0.15) is 11.5 Å². The molecule has 1 aliphatic carbocycles. The number of ether oxygens (including phenoxy) is 2. The van der Waals surface area contributed by atoms with Crippen LogP contribution in [0.15, 0.2) is 97.6 Å². The number of Topliss-reactive ketones (excluding diaryl/α,β-unsaturated/α-hetero) is 2. The third kappa shape index (κ3) is 4.26. The number of hydrogen-bond donors (Lipinski definition) is 0. The standard InChI is InChI=1S/C30H26N2O4/c1-35-23-7-3-19(4-8-23)25-26(20-5-9-24(36-2)10-6-20)28(30(34)22-13-17-32-18-14-22)27(25)29(33)21-11-15-31-16-12-21/h3-18,25-28H,1-2H3/t25-,26-,27+,28+/m0/s1. The molecule has 0 N–H and O–H groups in total. The molecule has 0 saturated heterocycles. The van der Waals surface area contributed by atoms with Crippen molar-refractivity contribution in [3.05, 3.63) is 120 Å². The molecular weight excluding hydrogens is 452 g/mol. The Labute approximate surface area is 210 Å². The summed E-state index contributed by atoms with van der Waals surface area (Å²) in [5, 5.41) is 0. The van der Waals surface area contributed by atoms with Crippen LogP contribution >= 0.6 is 0 Å². The van der Waals surface area contributed by atoms with E-state index in [0.717, 1.165) is 22.6 Å². The van der Waals surface area contributed by atoms with Gasteiger partial charge in [0.25, 0.3) is 0 Å². The molecule has 0 aliphatic heterocycles. The average Bonchev–Trinajstić information content (AvgIpc) is 2.94. The first kappa shape index (κ1) is 23.4. The van der Waals surface area contributed by atoms with Gasteiger partial charge in [0.2, 0.25) is 0 Å². The maximum Gasteiger partial charge on any atom is 0.167 e. The lowest BCUT2D eigenvalue weighted by Gasteiger charge is -2.51. The predicted octanol–water partition coefficient (Wildman–Crippen LogP) is 5.37. The van der Waals surface area contributed by atoms with Gasteiger partial charge in [-0.2, -0.15) is 0 Å². The van der Waals surface area contributed by atoms with E-state index in [1.54, 1.807) is 63.3 Å². The Hall–Kier alpha value is -4.32. The second-order valence-electron chi connectivity index (χ2n) is 8.85. The van der Waals surface area contributed by atoms with Crippen molar-refractivity contribution >= 4 is 11.6 Å². The maximum absolute atomic E-state index is 13.9. The molecule has 2 aromatic heterocycles. The van der Waals surface area contributed by atoms with Gasteiger partial charge < -0.3 is 9.47 Å². The molecule has 4 atom stereocenters. The summed E-state index contributed by atoms with van der Waals surface area (Å²) in [4.78, 5) is 36.0. The summed E-state index contributed by atoms with van der Waals surface area (Å²) in [6.45, 7) is 0. The lowest BCUT2D eigenvalue weighted by molar-refractivity contribution is 0.0456. The fraction of sp³-hybridized carbons (Fsp3) is 0.200. The van der Waals surface area contributed by atoms with Crippen molar-refractivity contribution in [3.63, 3.8) is 0 Å². The number of hydrogen-bond acceptors (Lipinski definition) is 6. The number of rotatable bonds is 8. The fourth-order valence-electron chi connectivity index (χ4n) is 5.30. The van der Waals surface area contributed by atoms with Gasteiger partial charge in [-0.15, -0.1) is 0 Å². The van der Waals surface area contributed by atoms with E-state index in [2.05, 4.69) is 9.97 Å². The van der Waals surface area contributed by atoms with Crippen LogP contribution in [0.2, 0.25) is 0 Å². The molecule has 0 radical (unpaired) electrons. The molecule has 6 nitrogen and oxygen atoms in total. The molecule has 6 heteroatoms. The Morgan fingerprint density at radius 3 is 1.19 bits per heavy atom. The molecule has 0 spiro atoms. The third-order valence-electron chi connectivity index (χ3n) is 7.08. The monoisotopic (exact) mass is 478 g/mol. The number of aromatic nitrogens is 2. The van der Waals surface area contributed by atoms with Gasteiger partial charge in [0, 0.05) is 59.6 Å². The van der Waals surface area contributed by atoms with Crippen LogP contribution in [0.1, 0.15) is 43.7 Å². The zero-order valence-electron chi connectivity index (χ0n) is 20.1. The highest BCUT2D eigenvalue weighted by Crippen LogP contribution is 2.59. The first-order valence-electron chi connectivity index (χ1n) is 11.8. The van der Waals surface area contributed by atoms with Crippen LogP contribution in [0.25, 0.3) is 0 Å². The van der Waals surface area contributed by atoms with Crippen LogP contribution in [0.5, 0.6) is 11.5 Å². The zero-order valence-corrected chi connectivity index (χ0v) is 20.1. The van der Waals surface area contributed by atoms with Crippen molar-refractivity contribution in [1.82, 2.24) is 9.97 Å².